The number of nitrogens with zero attached hydrogens (tertiary/aromatic N) is 4. The van der Waals surface area contributed by atoms with Crippen LogP contribution >= 0.6 is 0 Å². The highest BCUT2D eigenvalue weighted by atomic mass is 16.8. The molecule has 0 aromatic carbocycles. The first-order valence-electron chi connectivity index (χ1n) is 41.7. The zero-order valence-corrected chi connectivity index (χ0v) is 75.2. The van der Waals surface area contributed by atoms with Crippen LogP contribution in [0.3, 0.4) is 0 Å². The van der Waals surface area contributed by atoms with Crippen molar-refractivity contribution in [3.63, 3.8) is 0 Å². The highest BCUT2D eigenvalue weighted by molar-refractivity contribution is 5.97. The number of cyclic esters (lactones) is 2. The molecule has 1 aromatic heterocycles. The third kappa shape index (κ3) is 21.1. The van der Waals surface area contributed by atoms with E-state index in [1.54, 1.807) is 83.0 Å². The summed E-state index contributed by atoms with van der Waals surface area (Å²) in [5, 5.41) is 11.6. The van der Waals surface area contributed by atoms with Gasteiger partial charge in [-0.25, -0.2) is 14.3 Å². The van der Waals surface area contributed by atoms with Crippen LogP contribution in [0.5, 0.6) is 0 Å². The number of epoxide rings is 2. The van der Waals surface area contributed by atoms with Gasteiger partial charge in [0, 0.05) is 91.2 Å². The molecule has 0 aliphatic carbocycles. The van der Waals surface area contributed by atoms with Crippen LogP contribution in [-0.2, 0) is 119 Å². The van der Waals surface area contributed by atoms with E-state index in [2.05, 4.69) is 4.98 Å². The van der Waals surface area contributed by atoms with E-state index in [-0.39, 0.29) is 68.0 Å². The highest BCUT2D eigenvalue weighted by Gasteiger charge is 2.69. The molecular weight excluding hydrogens is 1520 g/mol. The number of Topliss-reactive ketones (excluding diaryl/α,β-unsaturated/α-hetero) is 2. The van der Waals surface area contributed by atoms with Crippen LogP contribution in [0.15, 0.2) is 42.0 Å². The minimum Gasteiger partial charge on any atom is -0.459 e. The number of likely N-dealkylation sites (N-methyl/N-ethyl adjacent to an activating group) is 2. The molecule has 8 aliphatic heterocycles. The number of carbonyl (C=O) groups is 7. The Hall–Kier alpha value is -5.30. The molecule has 31 nitrogen and oxygen atoms in total. The van der Waals surface area contributed by atoms with E-state index in [0.717, 1.165) is 4.57 Å². The Morgan fingerprint density at radius 1 is 0.547 bits per heavy atom. The van der Waals surface area contributed by atoms with Crippen molar-refractivity contribution >= 4 is 41.5 Å². The lowest BCUT2D eigenvalue weighted by molar-refractivity contribution is -0.317. The molecule has 9 rings (SSSR count). The maximum absolute atomic E-state index is 14.8. The number of hydrogen-bond donors (Lipinski definition) is 1. The van der Waals surface area contributed by atoms with Crippen molar-refractivity contribution in [2.24, 2.45) is 35.5 Å². The number of imidazole rings is 1. The second-order valence-corrected chi connectivity index (χ2v) is 36.0. The molecule has 666 valence electrons. The lowest BCUT2D eigenvalue weighted by Crippen LogP contribution is -2.62. The van der Waals surface area contributed by atoms with Gasteiger partial charge in [0.05, 0.1) is 97.2 Å². The first-order valence-corrected chi connectivity index (χ1v) is 41.7. The molecule has 0 saturated carbocycles. The van der Waals surface area contributed by atoms with E-state index in [0.29, 0.717) is 43.6 Å². The molecule has 0 unspecified atom stereocenters. The average Bonchev–Trinajstić information content (AvgIpc) is 1.56. The highest BCUT2D eigenvalue weighted by Crippen LogP contribution is 2.54. The minimum absolute atomic E-state index is 0.132. The van der Waals surface area contributed by atoms with Crippen LogP contribution in [0.4, 0.5) is 4.79 Å². The smallest absolute Gasteiger partial charge is 0.420 e. The maximum atomic E-state index is 14.8. The van der Waals surface area contributed by atoms with Gasteiger partial charge in [-0.1, -0.05) is 41.5 Å². The molecule has 0 radical (unpaired) electrons. The molecule has 31 heteroatoms. The lowest BCUT2D eigenvalue weighted by atomic mass is 9.76. The molecule has 32 atom stereocenters. The number of aromatic nitrogens is 2. The third-order valence-corrected chi connectivity index (χ3v) is 26.6. The summed E-state index contributed by atoms with van der Waals surface area (Å²) in [6, 6.07) is -0.512. The number of ether oxygens (including phenoxy) is 19. The van der Waals surface area contributed by atoms with Gasteiger partial charge in [-0.05, 0) is 187 Å². The Labute approximate surface area is 693 Å². The molecule has 0 amide bonds. The number of methoxy groups -OCH3 is 4. The van der Waals surface area contributed by atoms with Gasteiger partial charge in [0.25, 0.3) is 0 Å². The van der Waals surface area contributed by atoms with E-state index in [1.807, 2.05) is 121 Å². The number of esters is 4. The molecule has 1 N–H and O–H groups in total. The van der Waals surface area contributed by atoms with Crippen molar-refractivity contribution < 1.29 is 129 Å². The van der Waals surface area contributed by atoms with Crippen LogP contribution in [0.2, 0.25) is 0 Å². The largest absolute Gasteiger partial charge is 0.459 e. The van der Waals surface area contributed by atoms with Crippen LogP contribution < -0.4 is 0 Å². The standard InChI is InChI=1S/C45H71N3O14.C41H69NO13/c1-16-33-42(9,62-41(52)48-18-17-46-24-48)20-25(2)35(50)26(3)21-43(10,53-14)38(61-40-37(58-31(8)49)32(47(12)13)19-27(4)56-40)28(5)36(29(6)39(51)59-33)60-34-22-44(11,54-15)45(23-55-45)30(7)57-34;1-16-30-38(9,46)18-22(2)32(44)23(3)19-39(10,47-14)35(55-37-34(52-28(8)43)29(42(12)13)17-24(4)50-37)25(5)33(26(6)36(45)53-30)54-31-20-40(11,48-15)41(21-49-41)27(7)51-31/h17-18,20,24,26-30,32-34,36-38,40H,16,19,21-23H2,1-15H3;18,23-27,29-31,33-35,37,46H,16-17,19-21H2,1-15H3/b25-20+;22-18+/t26-,27-,28+,29-,30+,32+,33-,34+,36+,37-,38-,40+,42+,43+,44-,45-;23-,24-,25+,26-,27+,29+,30-,31+,33+,34-,35-,37+,38+,39+,40-,41-/m11/s1. The summed E-state index contributed by atoms with van der Waals surface area (Å²) in [6.07, 6.45) is -3.78. The average molecular weight is 1660 g/mol. The number of aliphatic hydroxyl groups is 1. The van der Waals surface area contributed by atoms with Gasteiger partial charge in [-0.2, -0.15) is 0 Å². The predicted octanol–water partition coefficient (Wildman–Crippen LogP) is 9.62. The monoisotopic (exact) mass is 1660 g/mol. The number of carbonyl (C=O) groups excluding carboxylic acids is 7. The van der Waals surface area contributed by atoms with Crippen molar-refractivity contribution in [3.05, 3.63) is 42.0 Å². The Kier molecular flexibility index (Phi) is 32.1. The molecule has 2 spiro atoms. The van der Waals surface area contributed by atoms with Gasteiger partial charge in [-0.15, -0.1) is 0 Å². The van der Waals surface area contributed by atoms with Gasteiger partial charge >= 0.3 is 30.0 Å². The van der Waals surface area contributed by atoms with Gasteiger partial charge < -0.3 is 105 Å². The summed E-state index contributed by atoms with van der Waals surface area (Å²) in [6.45, 7) is 39.9. The quantitative estimate of drug-likeness (QED) is 0.0764. The zero-order valence-electron chi connectivity index (χ0n) is 75.2. The van der Waals surface area contributed by atoms with Crippen LogP contribution in [0.1, 0.15) is 204 Å². The number of allylic oxidation sites excluding steroid dienone is 2. The zero-order chi connectivity index (χ0) is 87.5. The van der Waals surface area contributed by atoms with Crippen molar-refractivity contribution in [2.45, 2.75) is 359 Å². The Balaban J connectivity index is 0.000000294. The van der Waals surface area contributed by atoms with Crippen molar-refractivity contribution in [1.29, 1.82) is 0 Å². The van der Waals surface area contributed by atoms with Crippen LogP contribution in [0.25, 0.3) is 0 Å². The fourth-order valence-electron chi connectivity index (χ4n) is 19.2. The Morgan fingerprint density at radius 3 is 1.26 bits per heavy atom. The molecular formula is C86H140N4O27. The van der Waals surface area contributed by atoms with E-state index < -0.39 is 196 Å². The second kappa shape index (κ2) is 38.6. The number of rotatable bonds is 19. The first kappa shape index (κ1) is 97.2. The van der Waals surface area contributed by atoms with Crippen LogP contribution in [-0.4, -0.2) is 291 Å². The summed E-state index contributed by atoms with van der Waals surface area (Å²) >= 11 is 0. The van der Waals surface area contributed by atoms with E-state index in [9.17, 15) is 38.7 Å². The van der Waals surface area contributed by atoms with Gasteiger partial charge in [0.1, 0.15) is 46.5 Å². The SMILES string of the molecule is CC[C@H]1OC(=O)[C@H](C)[C@@H](O[C@H]2C[C@@](C)(OC)[C@@]3(CO3)[C@H](C)O2)[C@H](C)[C@@H](O[C@@H]2O[C@H](C)C[C@H](N(C)C)[C@H]2OC(C)=O)[C@@](C)(OC)C[C@@H](C)C(=O)/C(C)=C/[C@]1(C)O.CC[C@H]1OC(=O)[C@H](C)[C@@H](O[C@H]2C[C@@](C)(OC)[C@@]3(CO3)[C@H](C)O2)[C@H](C)[C@@H](O[C@@H]2O[C@H](C)C[C@H](N(C)C)[C@H]2OC(C)=O)[C@@](C)(OC)C[C@@H](C)C(=O)/C(C)=C/[C@]1(C)OC(=O)n1ccnc1. The summed E-state index contributed by atoms with van der Waals surface area (Å²) in [5.74, 6) is -7.32. The summed E-state index contributed by atoms with van der Waals surface area (Å²) in [7, 11) is 14.0. The van der Waals surface area contributed by atoms with Gasteiger partial charge in [-0.3, -0.25) is 28.8 Å². The first-order chi connectivity index (χ1) is 54.5. The molecule has 6 saturated heterocycles. The number of ketones is 2. The van der Waals surface area contributed by atoms with Gasteiger partial charge in [0.15, 0.2) is 54.5 Å². The van der Waals surface area contributed by atoms with Crippen LogP contribution in [0, 0.1) is 35.5 Å². The van der Waals surface area contributed by atoms with E-state index >= 15 is 0 Å². The van der Waals surface area contributed by atoms with E-state index in [4.69, 9.17) is 90.0 Å². The Morgan fingerprint density at radius 2 is 0.932 bits per heavy atom. The maximum Gasteiger partial charge on any atom is 0.420 e. The molecule has 0 bridgehead atoms. The summed E-state index contributed by atoms with van der Waals surface area (Å²) in [5.41, 5.74) is -7.92. The van der Waals surface area contributed by atoms with Crippen molar-refractivity contribution in [1.82, 2.24) is 19.4 Å². The molecule has 8 aliphatic rings. The fraction of sp³-hybridized carbons (Fsp3) is 0.837. The second-order valence-electron chi connectivity index (χ2n) is 36.0. The minimum atomic E-state index is -1.64. The normalized spacial score (nSPS) is 44.9. The van der Waals surface area contributed by atoms with Crippen molar-refractivity contribution in [2.75, 3.05) is 69.8 Å². The predicted molar refractivity (Wildman–Crippen MR) is 426 cm³/mol. The molecule has 117 heavy (non-hydrogen) atoms. The molecule has 1 aromatic rings. The van der Waals surface area contributed by atoms with Crippen molar-refractivity contribution in [3.8, 4) is 0 Å². The van der Waals surface area contributed by atoms with Gasteiger partial charge in [0.2, 0.25) is 0 Å². The summed E-state index contributed by atoms with van der Waals surface area (Å²) in [4.78, 5) is 104. The molecule has 6 fully saturated rings. The van der Waals surface area contributed by atoms with E-state index in [1.165, 1.54) is 45.6 Å². The fourth-order valence-corrected chi connectivity index (χ4v) is 19.2. The summed E-state index contributed by atoms with van der Waals surface area (Å²) < 4.78 is 122. The molecule has 9 heterocycles. The third-order valence-electron chi connectivity index (χ3n) is 26.6. The lowest BCUT2D eigenvalue weighted by Gasteiger charge is -2.50. The topological polar surface area (TPSA) is 346 Å². The Bertz CT molecular complexity index is 3620. The number of hydrogen-bond acceptors (Lipinski definition) is 30.